The Balaban J connectivity index is 1.59. The number of nitrogens with one attached hydrogen (secondary N) is 1. The quantitative estimate of drug-likeness (QED) is 0.790. The van der Waals surface area contributed by atoms with Crippen molar-refractivity contribution >= 4 is 33.6 Å². The highest BCUT2D eigenvalue weighted by Crippen LogP contribution is 2.33. The third-order valence-electron chi connectivity index (χ3n) is 5.39. The molecule has 1 aliphatic rings. The van der Waals surface area contributed by atoms with Crippen molar-refractivity contribution in [1.29, 1.82) is 0 Å². The first-order chi connectivity index (χ1) is 13.0. The zero-order valence-electron chi connectivity index (χ0n) is 16.1. The molecule has 1 unspecified atom stereocenters. The van der Waals surface area contributed by atoms with Gasteiger partial charge in [0.25, 0.3) is 0 Å². The zero-order valence-corrected chi connectivity index (χ0v) is 16.9. The lowest BCUT2D eigenvalue weighted by Crippen LogP contribution is -2.52. The highest BCUT2D eigenvalue weighted by Gasteiger charge is 2.31. The molecule has 1 aliphatic heterocycles. The Morgan fingerprint density at radius 1 is 1.33 bits per heavy atom. The lowest BCUT2D eigenvalue weighted by Gasteiger charge is -2.33. The first-order valence-corrected chi connectivity index (χ1v) is 10.3. The number of amides is 2. The van der Waals surface area contributed by atoms with Gasteiger partial charge in [-0.25, -0.2) is 14.6 Å². The topological polar surface area (TPSA) is 71.5 Å². The molecule has 0 spiro atoms. The molecule has 27 heavy (non-hydrogen) atoms. The van der Waals surface area contributed by atoms with Gasteiger partial charge in [-0.05, 0) is 30.9 Å². The minimum atomic E-state index is -0.602. The number of rotatable bonds is 5. The molecule has 146 valence electrons. The van der Waals surface area contributed by atoms with E-state index in [-0.39, 0.29) is 17.9 Å². The van der Waals surface area contributed by atoms with Crippen LogP contribution in [0.3, 0.4) is 0 Å². The number of benzene rings is 1. The third-order valence-corrected chi connectivity index (χ3v) is 6.59. The Morgan fingerprint density at radius 3 is 2.67 bits per heavy atom. The number of nitrogens with zero attached hydrogens (tertiary/aromatic N) is 2. The average Bonchev–Trinajstić information content (AvgIpc) is 3.15. The molecule has 2 amide bonds. The number of urea groups is 1. The fourth-order valence-corrected chi connectivity index (χ4v) is 4.55. The van der Waals surface area contributed by atoms with Crippen molar-refractivity contribution in [3.63, 3.8) is 0 Å². The van der Waals surface area contributed by atoms with E-state index in [1.54, 1.807) is 16.2 Å². The average molecular weight is 390 g/mol. The number of hydrogen-bond acceptors (Lipinski definition) is 5. The molecule has 2 heterocycles. The van der Waals surface area contributed by atoms with Crippen molar-refractivity contribution in [2.75, 3.05) is 20.2 Å². The first-order valence-electron chi connectivity index (χ1n) is 9.52. The van der Waals surface area contributed by atoms with Crippen LogP contribution in [0.25, 0.3) is 10.2 Å². The number of para-hydroxylation sites is 1. The predicted octanol–water partition coefficient (Wildman–Crippen LogP) is 3.77. The van der Waals surface area contributed by atoms with Gasteiger partial charge >= 0.3 is 12.0 Å². The Hall–Kier alpha value is -2.15. The normalized spacial score (nSPS) is 17.5. The second-order valence-electron chi connectivity index (χ2n) is 7.12. The van der Waals surface area contributed by atoms with Gasteiger partial charge in [0, 0.05) is 19.0 Å². The number of aromatic nitrogens is 1. The van der Waals surface area contributed by atoms with Crippen molar-refractivity contribution in [3.8, 4) is 0 Å². The van der Waals surface area contributed by atoms with Gasteiger partial charge < -0.3 is 15.0 Å². The number of methoxy groups -OCH3 is 1. The third kappa shape index (κ3) is 4.40. The van der Waals surface area contributed by atoms with Gasteiger partial charge in [-0.1, -0.05) is 32.4 Å². The molecule has 2 atom stereocenters. The maximum absolute atomic E-state index is 12.6. The molecular weight excluding hydrogens is 362 g/mol. The number of piperidine rings is 1. The molecule has 0 saturated carbocycles. The molecule has 7 heteroatoms. The lowest BCUT2D eigenvalue weighted by molar-refractivity contribution is -0.144. The number of fused-ring (bicyclic) bond motifs is 1. The summed E-state index contributed by atoms with van der Waals surface area (Å²) in [5, 5.41) is 4.02. The van der Waals surface area contributed by atoms with Crippen LogP contribution in [0.1, 0.15) is 44.0 Å². The smallest absolute Gasteiger partial charge is 0.328 e. The molecule has 3 rings (SSSR count). The van der Waals surface area contributed by atoms with E-state index in [0.29, 0.717) is 19.0 Å². The summed E-state index contributed by atoms with van der Waals surface area (Å²) in [5.74, 6) is 0.0289. The molecular formula is C20H27N3O3S. The van der Waals surface area contributed by atoms with E-state index < -0.39 is 6.04 Å². The maximum atomic E-state index is 12.6. The summed E-state index contributed by atoms with van der Waals surface area (Å²) >= 11 is 1.75. The van der Waals surface area contributed by atoms with Gasteiger partial charge in [-0.3, -0.25) is 0 Å². The van der Waals surface area contributed by atoms with Crippen molar-refractivity contribution in [2.24, 2.45) is 5.92 Å². The van der Waals surface area contributed by atoms with Crippen LogP contribution in [0.15, 0.2) is 24.3 Å². The van der Waals surface area contributed by atoms with Gasteiger partial charge in [0.15, 0.2) is 0 Å². The lowest BCUT2D eigenvalue weighted by atomic mass is 9.97. The maximum Gasteiger partial charge on any atom is 0.328 e. The summed E-state index contributed by atoms with van der Waals surface area (Å²) in [5.41, 5.74) is 1.05. The van der Waals surface area contributed by atoms with E-state index in [1.807, 2.05) is 32.0 Å². The molecule has 1 N–H and O–H groups in total. The summed E-state index contributed by atoms with van der Waals surface area (Å²) in [4.78, 5) is 31.2. The minimum Gasteiger partial charge on any atom is -0.467 e. The second kappa shape index (κ2) is 8.69. The van der Waals surface area contributed by atoms with E-state index in [0.717, 1.165) is 29.8 Å². The predicted molar refractivity (Wildman–Crippen MR) is 107 cm³/mol. The van der Waals surface area contributed by atoms with E-state index >= 15 is 0 Å². The number of hydrogen-bond donors (Lipinski definition) is 1. The van der Waals surface area contributed by atoms with Gasteiger partial charge in [0.05, 0.1) is 22.3 Å². The Labute approximate surface area is 163 Å². The Morgan fingerprint density at radius 2 is 2.04 bits per heavy atom. The van der Waals surface area contributed by atoms with Gasteiger partial charge in [0.2, 0.25) is 0 Å². The highest BCUT2D eigenvalue weighted by atomic mass is 32.1. The molecule has 2 aromatic rings. The molecule has 1 saturated heterocycles. The largest absolute Gasteiger partial charge is 0.467 e. The van der Waals surface area contributed by atoms with Crippen LogP contribution in [0.4, 0.5) is 4.79 Å². The van der Waals surface area contributed by atoms with Crippen molar-refractivity contribution in [2.45, 2.75) is 45.1 Å². The monoisotopic (exact) mass is 389 g/mol. The number of esters is 1. The standard InChI is InChI=1S/C20H27N3O3S/c1-4-13(2)17(19(24)26-3)22-20(25)23-11-9-14(10-12-23)18-21-15-7-5-6-8-16(15)27-18/h5-8,13-14,17H,4,9-12H2,1-3H3,(H,22,25)/t13?,17-/m1/s1. The van der Waals surface area contributed by atoms with Crippen molar-refractivity contribution in [3.05, 3.63) is 29.3 Å². The van der Waals surface area contributed by atoms with Crippen LogP contribution in [-0.2, 0) is 9.53 Å². The van der Waals surface area contributed by atoms with E-state index in [9.17, 15) is 9.59 Å². The van der Waals surface area contributed by atoms with E-state index in [1.165, 1.54) is 11.8 Å². The molecule has 0 aliphatic carbocycles. The van der Waals surface area contributed by atoms with Crippen molar-refractivity contribution in [1.82, 2.24) is 15.2 Å². The molecule has 0 radical (unpaired) electrons. The van der Waals surface area contributed by atoms with Crippen LogP contribution in [0, 0.1) is 5.92 Å². The molecule has 1 aromatic heterocycles. The summed E-state index contributed by atoms with van der Waals surface area (Å²) in [6, 6.07) is 7.39. The number of ether oxygens (including phenoxy) is 1. The SMILES string of the molecule is CCC(C)[C@@H](NC(=O)N1CCC(c2nc3ccccc3s2)CC1)C(=O)OC. The summed E-state index contributed by atoms with van der Waals surface area (Å²) in [6.45, 7) is 5.28. The fraction of sp³-hybridized carbons (Fsp3) is 0.550. The van der Waals surface area contributed by atoms with Crippen LogP contribution in [-0.4, -0.2) is 48.1 Å². The number of carbonyl (C=O) groups excluding carboxylic acids is 2. The molecule has 6 nitrogen and oxygen atoms in total. The first kappa shape index (κ1) is 19.6. The minimum absolute atomic E-state index is 0.0293. The number of thiazole rings is 1. The van der Waals surface area contributed by atoms with Crippen LogP contribution in [0.2, 0.25) is 0 Å². The molecule has 1 aromatic carbocycles. The van der Waals surface area contributed by atoms with Gasteiger partial charge in [-0.15, -0.1) is 11.3 Å². The van der Waals surface area contributed by atoms with Crippen molar-refractivity contribution < 1.29 is 14.3 Å². The second-order valence-corrected chi connectivity index (χ2v) is 8.18. The summed E-state index contributed by atoms with van der Waals surface area (Å²) in [6.07, 6.45) is 2.57. The molecule has 0 bridgehead atoms. The highest BCUT2D eigenvalue weighted by molar-refractivity contribution is 7.18. The number of likely N-dealkylation sites (tertiary alicyclic amines) is 1. The van der Waals surface area contributed by atoms with Crippen LogP contribution in [0.5, 0.6) is 0 Å². The van der Waals surface area contributed by atoms with Gasteiger partial charge in [0.1, 0.15) is 6.04 Å². The van der Waals surface area contributed by atoms with Crippen LogP contribution < -0.4 is 5.32 Å². The Bertz CT molecular complexity index is 766. The van der Waals surface area contributed by atoms with E-state index in [2.05, 4.69) is 11.4 Å². The summed E-state index contributed by atoms with van der Waals surface area (Å²) in [7, 11) is 1.35. The zero-order chi connectivity index (χ0) is 19.4. The Kier molecular flexibility index (Phi) is 6.31. The fourth-order valence-electron chi connectivity index (χ4n) is 3.41. The van der Waals surface area contributed by atoms with Gasteiger partial charge in [-0.2, -0.15) is 0 Å². The summed E-state index contributed by atoms with van der Waals surface area (Å²) < 4.78 is 6.06. The molecule has 1 fully saturated rings. The van der Waals surface area contributed by atoms with E-state index in [4.69, 9.17) is 9.72 Å². The number of carbonyl (C=O) groups is 2. The van der Waals surface area contributed by atoms with Crippen LogP contribution >= 0.6 is 11.3 Å².